The quantitative estimate of drug-likeness (QED) is 0.358. The number of nitrogens with one attached hydrogen (secondary N) is 1. The van der Waals surface area contributed by atoms with Gasteiger partial charge in [-0.3, -0.25) is 14.5 Å². The number of rotatable bonds is 9. The Bertz CT molecular complexity index is 1310. The summed E-state index contributed by atoms with van der Waals surface area (Å²) in [6.45, 7) is 1.55. The molecule has 2 unspecified atom stereocenters. The van der Waals surface area contributed by atoms with Crippen molar-refractivity contribution >= 4 is 28.6 Å². The van der Waals surface area contributed by atoms with Crippen molar-refractivity contribution in [2.75, 3.05) is 13.7 Å². The number of fused-ring (bicyclic) bond motifs is 3. The summed E-state index contributed by atoms with van der Waals surface area (Å²) in [5, 5.41) is 15.2. The zero-order chi connectivity index (χ0) is 28.2. The molecule has 216 valence electrons. The van der Waals surface area contributed by atoms with Crippen LogP contribution in [0.4, 0.5) is 0 Å². The number of aromatic nitrogens is 2. The average molecular weight is 552 g/mol. The minimum Gasteiger partial charge on any atom is -0.479 e. The van der Waals surface area contributed by atoms with Crippen LogP contribution in [0, 0.1) is 5.92 Å². The third-order valence-corrected chi connectivity index (χ3v) is 9.05. The van der Waals surface area contributed by atoms with Gasteiger partial charge in [0.15, 0.2) is 11.4 Å². The molecule has 0 radical (unpaired) electrons. The van der Waals surface area contributed by atoms with Gasteiger partial charge in [-0.2, -0.15) is 0 Å². The molecule has 1 aromatic heterocycles. The molecule has 2 aromatic rings. The number of oxime groups is 1. The van der Waals surface area contributed by atoms with Crippen molar-refractivity contribution in [3.05, 3.63) is 40.3 Å². The van der Waals surface area contributed by atoms with Crippen molar-refractivity contribution in [1.29, 1.82) is 0 Å². The standard InChI is InChI=1S/C30H41N5O5/c1-3-8-19-9-6-10-20(15-19)34-21-11-7-12-22(34)17-23(16-21)35-25-14-5-4-13-24(25)32-28(30(35)39)27(29(38)31-2)33-40-18-26(36)37/h4-5,13-14,19-23H,3,6-12,15-18H2,1-2H3,(H,31,38)(H,36,37)/b33-27-/t19?,20-,21-,22+,23?/m0/s1. The Morgan fingerprint density at radius 2 is 1.73 bits per heavy atom. The molecule has 3 fully saturated rings. The Balaban J connectivity index is 1.51. The first-order chi connectivity index (χ1) is 19.4. The van der Waals surface area contributed by atoms with Crippen molar-refractivity contribution in [3.8, 4) is 0 Å². The number of carboxylic acid groups (broad SMARTS) is 1. The fourth-order valence-corrected chi connectivity index (χ4v) is 7.53. The molecule has 2 bridgehead atoms. The predicted molar refractivity (Wildman–Crippen MR) is 152 cm³/mol. The Morgan fingerprint density at radius 1 is 1.05 bits per heavy atom. The fourth-order valence-electron chi connectivity index (χ4n) is 7.53. The average Bonchev–Trinajstić information content (AvgIpc) is 2.94. The summed E-state index contributed by atoms with van der Waals surface area (Å²) >= 11 is 0. The van der Waals surface area contributed by atoms with E-state index in [-0.39, 0.29) is 17.4 Å². The maximum Gasteiger partial charge on any atom is 0.344 e. The SMILES string of the molecule is CCCC1CCC[C@H](N2[C@@H]3CCC[C@H]2CC(n2c(=O)c(/C(=N/OCC(=O)O)C(=O)NC)nc4ccccc42)C3)C1. The summed E-state index contributed by atoms with van der Waals surface area (Å²) in [4.78, 5) is 50.1. The van der Waals surface area contributed by atoms with Gasteiger partial charge in [-0.1, -0.05) is 56.3 Å². The van der Waals surface area contributed by atoms with Crippen molar-refractivity contribution < 1.29 is 19.5 Å². The van der Waals surface area contributed by atoms with Gasteiger partial charge in [-0.15, -0.1) is 0 Å². The van der Waals surface area contributed by atoms with Crippen LogP contribution in [0.25, 0.3) is 11.0 Å². The van der Waals surface area contributed by atoms with Crippen LogP contribution in [-0.4, -0.2) is 68.9 Å². The van der Waals surface area contributed by atoms with E-state index >= 15 is 0 Å². The minimum absolute atomic E-state index is 0.0356. The lowest BCUT2D eigenvalue weighted by atomic mass is 9.76. The van der Waals surface area contributed by atoms with E-state index < -0.39 is 24.0 Å². The molecule has 3 heterocycles. The largest absolute Gasteiger partial charge is 0.479 e. The van der Waals surface area contributed by atoms with E-state index in [9.17, 15) is 14.4 Å². The van der Waals surface area contributed by atoms with E-state index in [2.05, 4.69) is 27.3 Å². The van der Waals surface area contributed by atoms with Crippen molar-refractivity contribution in [2.45, 2.75) is 102 Å². The van der Waals surface area contributed by atoms with Gasteiger partial charge in [0.25, 0.3) is 11.5 Å². The third kappa shape index (κ3) is 5.77. The first-order valence-electron chi connectivity index (χ1n) is 14.8. The third-order valence-electron chi connectivity index (χ3n) is 9.05. The van der Waals surface area contributed by atoms with Crippen molar-refractivity contribution in [2.24, 2.45) is 11.1 Å². The number of aliphatic carboxylic acids is 1. The summed E-state index contributed by atoms with van der Waals surface area (Å²) < 4.78 is 1.82. The number of hydrogen-bond acceptors (Lipinski definition) is 7. The second kappa shape index (κ2) is 12.5. The maximum atomic E-state index is 14.1. The molecule has 1 aromatic carbocycles. The molecule has 2 saturated heterocycles. The number of carbonyl (C=O) groups excluding carboxylic acids is 1. The molecule has 40 heavy (non-hydrogen) atoms. The molecule has 1 aliphatic carbocycles. The van der Waals surface area contributed by atoms with Crippen LogP contribution in [0.5, 0.6) is 0 Å². The van der Waals surface area contributed by atoms with E-state index in [1.54, 1.807) is 0 Å². The van der Waals surface area contributed by atoms with Gasteiger partial charge < -0.3 is 19.8 Å². The highest BCUT2D eigenvalue weighted by atomic mass is 16.6. The number of para-hydroxylation sites is 2. The van der Waals surface area contributed by atoms with E-state index in [0.717, 1.165) is 37.1 Å². The fraction of sp³-hybridized carbons (Fsp3) is 0.633. The molecule has 2 N–H and O–H groups in total. The van der Waals surface area contributed by atoms with E-state index in [1.165, 1.54) is 52.0 Å². The number of hydrogen-bond donors (Lipinski definition) is 2. The Labute approximate surface area is 234 Å². The van der Waals surface area contributed by atoms with Crippen LogP contribution >= 0.6 is 0 Å². The normalized spacial score (nSPS) is 27.4. The molecule has 0 spiro atoms. The summed E-state index contributed by atoms with van der Waals surface area (Å²) in [5.41, 5.74) is 0.448. The number of amides is 1. The van der Waals surface area contributed by atoms with Crippen molar-refractivity contribution in [3.63, 3.8) is 0 Å². The number of benzene rings is 1. The molecule has 10 heteroatoms. The summed E-state index contributed by atoms with van der Waals surface area (Å²) in [6.07, 6.45) is 13.0. The van der Waals surface area contributed by atoms with Gasteiger partial charge in [0, 0.05) is 31.2 Å². The molecular formula is C30H41N5O5. The Hall–Kier alpha value is -3.27. The van der Waals surface area contributed by atoms with Crippen LogP contribution in [0.3, 0.4) is 0 Å². The molecular weight excluding hydrogens is 510 g/mol. The van der Waals surface area contributed by atoms with Gasteiger partial charge >= 0.3 is 5.97 Å². The lowest BCUT2D eigenvalue weighted by Crippen LogP contribution is -2.58. The first-order valence-corrected chi connectivity index (χ1v) is 14.8. The van der Waals surface area contributed by atoms with Crippen LogP contribution in [0.1, 0.15) is 89.3 Å². The maximum absolute atomic E-state index is 14.1. The topological polar surface area (TPSA) is 126 Å². The summed E-state index contributed by atoms with van der Waals surface area (Å²) in [7, 11) is 1.42. The minimum atomic E-state index is -1.24. The summed E-state index contributed by atoms with van der Waals surface area (Å²) in [6, 6.07) is 8.91. The van der Waals surface area contributed by atoms with E-state index in [1.807, 2.05) is 28.8 Å². The monoisotopic (exact) mass is 551 g/mol. The van der Waals surface area contributed by atoms with Crippen LogP contribution in [-0.2, 0) is 14.4 Å². The highest BCUT2D eigenvalue weighted by molar-refractivity contribution is 6.44. The van der Waals surface area contributed by atoms with Gasteiger partial charge in [0.2, 0.25) is 6.61 Å². The number of carbonyl (C=O) groups is 2. The van der Waals surface area contributed by atoms with Crippen LogP contribution < -0.4 is 10.9 Å². The van der Waals surface area contributed by atoms with Gasteiger partial charge in [-0.05, 0) is 56.6 Å². The lowest BCUT2D eigenvalue weighted by molar-refractivity contribution is -0.142. The second-order valence-corrected chi connectivity index (χ2v) is 11.6. The molecule has 1 amide bonds. The lowest BCUT2D eigenvalue weighted by Gasteiger charge is -2.54. The molecule has 3 aliphatic rings. The van der Waals surface area contributed by atoms with Crippen molar-refractivity contribution in [1.82, 2.24) is 19.8 Å². The smallest absolute Gasteiger partial charge is 0.344 e. The molecule has 10 nitrogen and oxygen atoms in total. The molecule has 1 saturated carbocycles. The summed E-state index contributed by atoms with van der Waals surface area (Å²) in [5.74, 6) is -1.08. The Morgan fingerprint density at radius 3 is 2.40 bits per heavy atom. The van der Waals surface area contributed by atoms with E-state index in [4.69, 9.17) is 9.94 Å². The van der Waals surface area contributed by atoms with Gasteiger partial charge in [0.05, 0.1) is 11.0 Å². The number of nitrogens with zero attached hydrogens (tertiary/aromatic N) is 4. The van der Waals surface area contributed by atoms with Gasteiger partial charge in [0.1, 0.15) is 0 Å². The first kappa shape index (κ1) is 28.3. The number of likely N-dealkylation sites (N-methyl/N-ethyl adjacent to an activating group) is 1. The Kier molecular flexibility index (Phi) is 8.83. The molecule has 2 aliphatic heterocycles. The molecule has 5 atom stereocenters. The second-order valence-electron chi connectivity index (χ2n) is 11.6. The zero-order valence-electron chi connectivity index (χ0n) is 23.6. The zero-order valence-corrected chi connectivity index (χ0v) is 23.6. The van der Waals surface area contributed by atoms with Gasteiger partial charge in [-0.25, -0.2) is 9.78 Å². The number of carboxylic acids is 1. The predicted octanol–water partition coefficient (Wildman–Crippen LogP) is 3.86. The van der Waals surface area contributed by atoms with Crippen LogP contribution in [0.2, 0.25) is 0 Å². The highest BCUT2D eigenvalue weighted by Gasteiger charge is 2.43. The van der Waals surface area contributed by atoms with Crippen LogP contribution in [0.15, 0.2) is 34.2 Å². The molecule has 5 rings (SSSR count). The van der Waals surface area contributed by atoms with E-state index in [0.29, 0.717) is 23.6 Å². The highest BCUT2D eigenvalue weighted by Crippen LogP contribution is 2.44. The number of piperidine rings is 2.